The fraction of sp³-hybridized carbons (Fsp3) is 1.00. The van der Waals surface area contributed by atoms with Crippen LogP contribution in [-0.4, -0.2) is 45.3 Å². The van der Waals surface area contributed by atoms with E-state index in [2.05, 4.69) is 29.8 Å². The summed E-state index contributed by atoms with van der Waals surface area (Å²) in [5.41, 5.74) is 5.63. The maximum absolute atomic E-state index is 5.39. The van der Waals surface area contributed by atoms with Crippen LogP contribution in [0, 0.1) is 0 Å². The predicted molar refractivity (Wildman–Crippen MR) is 67.2 cm³/mol. The molecule has 0 aliphatic heterocycles. The molecular formula is C11H28N4. The molecule has 0 heterocycles. The van der Waals surface area contributed by atoms with E-state index in [0.717, 1.165) is 26.2 Å². The van der Waals surface area contributed by atoms with Gasteiger partial charge in [-0.15, -0.1) is 0 Å². The van der Waals surface area contributed by atoms with Crippen molar-refractivity contribution in [3.63, 3.8) is 0 Å². The highest BCUT2D eigenvalue weighted by molar-refractivity contribution is 4.77. The molecule has 4 nitrogen and oxygen atoms in total. The maximum atomic E-state index is 5.39. The monoisotopic (exact) mass is 216 g/mol. The Bertz CT molecular complexity index is 137. The second-order valence-electron chi connectivity index (χ2n) is 4.56. The van der Waals surface area contributed by atoms with Crippen molar-refractivity contribution in [2.75, 3.05) is 39.8 Å². The molecule has 4 heteroatoms. The molecule has 0 aliphatic rings. The minimum absolute atomic E-state index is 0.237. The summed E-state index contributed by atoms with van der Waals surface area (Å²) < 4.78 is 0. The quantitative estimate of drug-likeness (QED) is 0.385. The second kappa shape index (κ2) is 9.09. The summed E-state index contributed by atoms with van der Waals surface area (Å²) >= 11 is 0. The van der Waals surface area contributed by atoms with Crippen molar-refractivity contribution in [1.82, 2.24) is 16.0 Å². The molecule has 0 saturated carbocycles. The Labute approximate surface area is 94.4 Å². The zero-order chi connectivity index (χ0) is 11.6. The molecule has 0 amide bonds. The van der Waals surface area contributed by atoms with Gasteiger partial charge < -0.3 is 21.7 Å². The van der Waals surface area contributed by atoms with Crippen LogP contribution in [-0.2, 0) is 0 Å². The Morgan fingerprint density at radius 3 is 2.40 bits per heavy atom. The molecule has 0 unspecified atom stereocenters. The third kappa shape index (κ3) is 10.1. The highest BCUT2D eigenvalue weighted by atomic mass is 15.0. The predicted octanol–water partition coefficient (Wildman–Crippen LogP) is -0.0975. The van der Waals surface area contributed by atoms with Crippen LogP contribution < -0.4 is 21.7 Å². The summed E-state index contributed by atoms with van der Waals surface area (Å²) in [5, 5.41) is 9.99. The Kier molecular flexibility index (Phi) is 9.00. The topological polar surface area (TPSA) is 62.1 Å². The highest BCUT2D eigenvalue weighted by Crippen LogP contribution is 2.09. The molecule has 0 spiro atoms. The highest BCUT2D eigenvalue weighted by Gasteiger charge is 2.15. The largest absolute Gasteiger partial charge is 0.329 e. The second-order valence-corrected chi connectivity index (χ2v) is 4.56. The number of nitrogens with two attached hydrogens (primary N) is 1. The van der Waals surface area contributed by atoms with Gasteiger partial charge in [-0.3, -0.25) is 0 Å². The number of nitrogens with one attached hydrogen (secondary N) is 3. The van der Waals surface area contributed by atoms with Gasteiger partial charge in [-0.05, 0) is 40.3 Å². The van der Waals surface area contributed by atoms with E-state index in [0.29, 0.717) is 6.54 Å². The van der Waals surface area contributed by atoms with Crippen LogP contribution in [0.2, 0.25) is 0 Å². The van der Waals surface area contributed by atoms with E-state index >= 15 is 0 Å². The van der Waals surface area contributed by atoms with Gasteiger partial charge in [0.2, 0.25) is 0 Å². The van der Waals surface area contributed by atoms with E-state index in [1.807, 2.05) is 7.05 Å². The van der Waals surface area contributed by atoms with E-state index in [4.69, 9.17) is 5.73 Å². The molecule has 92 valence electrons. The lowest BCUT2D eigenvalue weighted by Gasteiger charge is -2.26. The van der Waals surface area contributed by atoms with Crippen molar-refractivity contribution in [3.8, 4) is 0 Å². The molecule has 0 radical (unpaired) electrons. The lowest BCUT2D eigenvalue weighted by molar-refractivity contribution is 0.351. The van der Waals surface area contributed by atoms with Crippen molar-refractivity contribution in [3.05, 3.63) is 0 Å². The van der Waals surface area contributed by atoms with Crippen LogP contribution in [0.5, 0.6) is 0 Å². The normalized spacial score (nSPS) is 12.0. The molecule has 0 aromatic carbocycles. The van der Waals surface area contributed by atoms with Gasteiger partial charge >= 0.3 is 0 Å². The third-order valence-corrected chi connectivity index (χ3v) is 2.45. The van der Waals surface area contributed by atoms with Crippen molar-refractivity contribution in [2.45, 2.75) is 32.2 Å². The Balaban J connectivity index is 3.38. The fourth-order valence-electron chi connectivity index (χ4n) is 1.51. The molecule has 0 fully saturated rings. The lowest BCUT2D eigenvalue weighted by atomic mass is 9.98. The molecule has 0 aliphatic carbocycles. The van der Waals surface area contributed by atoms with Crippen LogP contribution in [0.4, 0.5) is 0 Å². The zero-order valence-corrected chi connectivity index (χ0v) is 10.5. The summed E-state index contributed by atoms with van der Waals surface area (Å²) in [4.78, 5) is 0. The average Bonchev–Trinajstić information content (AvgIpc) is 2.17. The first-order valence-corrected chi connectivity index (χ1v) is 5.93. The number of rotatable bonds is 10. The van der Waals surface area contributed by atoms with E-state index in [1.165, 1.54) is 12.8 Å². The Hall–Kier alpha value is -0.160. The Morgan fingerprint density at radius 2 is 1.80 bits per heavy atom. The smallest absolute Gasteiger partial charge is 0.0126 e. The molecule has 0 aromatic heterocycles. The number of hydrogen-bond acceptors (Lipinski definition) is 4. The third-order valence-electron chi connectivity index (χ3n) is 2.45. The zero-order valence-electron chi connectivity index (χ0n) is 10.5. The number of hydrogen-bond donors (Lipinski definition) is 4. The van der Waals surface area contributed by atoms with Gasteiger partial charge in [-0.1, -0.05) is 0 Å². The van der Waals surface area contributed by atoms with Crippen molar-refractivity contribution in [2.24, 2.45) is 5.73 Å². The molecule has 0 aromatic rings. The fourth-order valence-corrected chi connectivity index (χ4v) is 1.51. The minimum atomic E-state index is 0.237. The molecule has 0 rings (SSSR count). The van der Waals surface area contributed by atoms with Gasteiger partial charge in [-0.25, -0.2) is 0 Å². The van der Waals surface area contributed by atoms with Crippen molar-refractivity contribution < 1.29 is 0 Å². The average molecular weight is 216 g/mol. The van der Waals surface area contributed by atoms with Crippen molar-refractivity contribution in [1.29, 1.82) is 0 Å². The van der Waals surface area contributed by atoms with Gasteiger partial charge in [0.05, 0.1) is 0 Å². The first-order valence-electron chi connectivity index (χ1n) is 5.93. The van der Waals surface area contributed by atoms with Gasteiger partial charge in [0.1, 0.15) is 0 Å². The van der Waals surface area contributed by atoms with Gasteiger partial charge in [0, 0.05) is 31.7 Å². The first-order chi connectivity index (χ1) is 7.12. The minimum Gasteiger partial charge on any atom is -0.329 e. The van der Waals surface area contributed by atoms with Crippen LogP contribution in [0.15, 0.2) is 0 Å². The van der Waals surface area contributed by atoms with Gasteiger partial charge in [-0.2, -0.15) is 0 Å². The standard InChI is InChI=1S/C11H28N4/c1-11(2,5-4-7-13-3)15-10-9-14-8-6-12/h13-15H,4-10,12H2,1-3H3. The first kappa shape index (κ1) is 14.8. The Morgan fingerprint density at radius 1 is 1.07 bits per heavy atom. The van der Waals surface area contributed by atoms with Crippen LogP contribution >= 0.6 is 0 Å². The van der Waals surface area contributed by atoms with E-state index < -0.39 is 0 Å². The molecule has 15 heavy (non-hydrogen) atoms. The molecule has 0 saturated heterocycles. The molecule has 0 bridgehead atoms. The van der Waals surface area contributed by atoms with Gasteiger partial charge in [0.25, 0.3) is 0 Å². The summed E-state index contributed by atoms with van der Waals surface area (Å²) in [6.45, 7) is 9.22. The summed E-state index contributed by atoms with van der Waals surface area (Å²) in [7, 11) is 2.00. The summed E-state index contributed by atoms with van der Waals surface area (Å²) in [5.74, 6) is 0. The van der Waals surface area contributed by atoms with E-state index in [9.17, 15) is 0 Å². The molecular weight excluding hydrogens is 188 g/mol. The van der Waals surface area contributed by atoms with Gasteiger partial charge in [0.15, 0.2) is 0 Å². The maximum Gasteiger partial charge on any atom is 0.0126 e. The van der Waals surface area contributed by atoms with Crippen LogP contribution in [0.25, 0.3) is 0 Å². The van der Waals surface area contributed by atoms with Crippen LogP contribution in [0.1, 0.15) is 26.7 Å². The van der Waals surface area contributed by atoms with Crippen molar-refractivity contribution >= 4 is 0 Å². The SMILES string of the molecule is CNCCCC(C)(C)NCCNCCN. The van der Waals surface area contributed by atoms with E-state index in [-0.39, 0.29) is 5.54 Å². The molecule has 0 atom stereocenters. The lowest BCUT2D eigenvalue weighted by Crippen LogP contribution is -2.43. The molecule has 5 N–H and O–H groups in total. The van der Waals surface area contributed by atoms with Crippen LogP contribution in [0.3, 0.4) is 0 Å². The van der Waals surface area contributed by atoms with E-state index in [1.54, 1.807) is 0 Å². The summed E-state index contributed by atoms with van der Waals surface area (Å²) in [6.07, 6.45) is 2.41. The summed E-state index contributed by atoms with van der Waals surface area (Å²) in [6, 6.07) is 0.